The third-order valence-electron chi connectivity index (χ3n) is 3.84. The molecule has 0 saturated carbocycles. The van der Waals surface area contributed by atoms with Crippen LogP contribution in [0.3, 0.4) is 0 Å². The molecule has 1 aromatic carbocycles. The highest BCUT2D eigenvalue weighted by atomic mass is 127. The van der Waals surface area contributed by atoms with Gasteiger partial charge in [0.2, 0.25) is 5.91 Å². The van der Waals surface area contributed by atoms with Gasteiger partial charge < -0.3 is 20.7 Å². The number of nitrogens with one attached hydrogen (secondary N) is 3. The Hall–Kier alpha value is -2.04. The molecule has 3 N–H and O–H groups in total. The second kappa shape index (κ2) is 11.6. The van der Waals surface area contributed by atoms with Gasteiger partial charge in [0, 0.05) is 19.6 Å². The summed E-state index contributed by atoms with van der Waals surface area (Å²) in [5, 5.41) is 8.77. The number of hydrogen-bond acceptors (Lipinski definition) is 4. The van der Waals surface area contributed by atoms with Gasteiger partial charge >= 0.3 is 6.03 Å². The second-order valence-corrected chi connectivity index (χ2v) is 6.04. The summed E-state index contributed by atoms with van der Waals surface area (Å²) in [4.78, 5) is 28.8. The molecule has 8 nitrogen and oxygen atoms in total. The van der Waals surface area contributed by atoms with E-state index >= 15 is 0 Å². The number of nitrogens with zero attached hydrogens (tertiary/aromatic N) is 2. The summed E-state index contributed by atoms with van der Waals surface area (Å²) in [6.45, 7) is 7.93. The van der Waals surface area contributed by atoms with Crippen molar-refractivity contribution in [2.45, 2.75) is 26.9 Å². The third-order valence-corrected chi connectivity index (χ3v) is 3.84. The number of carbonyl (C=O) groups is 2. The molecule has 0 aliphatic carbocycles. The van der Waals surface area contributed by atoms with E-state index in [1.807, 2.05) is 45.0 Å². The predicted molar refractivity (Wildman–Crippen MR) is 116 cm³/mol. The zero-order valence-corrected chi connectivity index (χ0v) is 18.3. The molecule has 1 aromatic rings. The van der Waals surface area contributed by atoms with Gasteiger partial charge in [0.25, 0.3) is 0 Å². The first kappa shape index (κ1) is 23.0. The highest BCUT2D eigenvalue weighted by Gasteiger charge is 2.27. The maximum Gasteiger partial charge on any atom is 0.324 e. The van der Waals surface area contributed by atoms with E-state index in [2.05, 4.69) is 20.9 Å². The van der Waals surface area contributed by atoms with E-state index in [1.165, 1.54) is 4.90 Å². The number of guanidine groups is 1. The molecule has 150 valence electrons. The summed E-state index contributed by atoms with van der Waals surface area (Å²) in [5.41, 5.74) is 1.09. The lowest BCUT2D eigenvalue weighted by molar-refractivity contribution is -0.124. The average molecular weight is 489 g/mol. The summed E-state index contributed by atoms with van der Waals surface area (Å²) in [6.07, 6.45) is -0.0857. The van der Waals surface area contributed by atoms with Crippen molar-refractivity contribution in [2.75, 3.05) is 32.7 Å². The van der Waals surface area contributed by atoms with Crippen molar-refractivity contribution in [1.82, 2.24) is 20.9 Å². The lowest BCUT2D eigenvalue weighted by Crippen LogP contribution is -2.43. The highest BCUT2D eigenvalue weighted by Crippen LogP contribution is 2.17. The van der Waals surface area contributed by atoms with Crippen molar-refractivity contribution in [3.05, 3.63) is 29.8 Å². The molecule has 1 saturated heterocycles. The minimum Gasteiger partial charge on any atom is -0.489 e. The number of urea groups is 1. The van der Waals surface area contributed by atoms with Gasteiger partial charge in [0.15, 0.2) is 5.96 Å². The molecule has 0 bridgehead atoms. The predicted octanol–water partition coefficient (Wildman–Crippen LogP) is 1.49. The van der Waals surface area contributed by atoms with Crippen LogP contribution in [0.4, 0.5) is 4.79 Å². The fraction of sp³-hybridized carbons (Fsp3) is 0.500. The van der Waals surface area contributed by atoms with Gasteiger partial charge in [-0.1, -0.05) is 18.2 Å². The maximum atomic E-state index is 11.6. The summed E-state index contributed by atoms with van der Waals surface area (Å²) in [7, 11) is 0. The zero-order chi connectivity index (χ0) is 18.9. The fourth-order valence-corrected chi connectivity index (χ4v) is 2.47. The lowest BCUT2D eigenvalue weighted by atomic mass is 10.2. The third kappa shape index (κ3) is 7.24. The average Bonchev–Trinajstić information content (AvgIpc) is 2.93. The van der Waals surface area contributed by atoms with Crippen molar-refractivity contribution >= 4 is 41.9 Å². The number of ether oxygens (including phenoxy) is 1. The van der Waals surface area contributed by atoms with E-state index < -0.39 is 0 Å². The number of imide groups is 1. The molecule has 1 atom stereocenters. The SMILES string of the molecule is CCNC(=NCC(C)Oc1ccccc1C)NCCN1C(=O)CNC1=O.I. The number of carbonyl (C=O) groups excluding carboxylic acids is 2. The highest BCUT2D eigenvalue weighted by molar-refractivity contribution is 14.0. The van der Waals surface area contributed by atoms with Crippen LogP contribution in [-0.2, 0) is 4.79 Å². The molecular weight excluding hydrogens is 461 g/mol. The first-order valence-corrected chi connectivity index (χ1v) is 8.84. The zero-order valence-electron chi connectivity index (χ0n) is 15.9. The molecule has 27 heavy (non-hydrogen) atoms. The van der Waals surface area contributed by atoms with Crippen molar-refractivity contribution in [2.24, 2.45) is 4.99 Å². The number of aliphatic imine (C=N–C) groups is 1. The van der Waals surface area contributed by atoms with Crippen LogP contribution in [0.15, 0.2) is 29.3 Å². The van der Waals surface area contributed by atoms with Crippen LogP contribution in [0.2, 0.25) is 0 Å². The second-order valence-electron chi connectivity index (χ2n) is 6.04. The summed E-state index contributed by atoms with van der Waals surface area (Å²) < 4.78 is 5.92. The number of aryl methyl sites for hydroxylation is 1. The first-order chi connectivity index (χ1) is 12.5. The Morgan fingerprint density at radius 3 is 2.70 bits per heavy atom. The topological polar surface area (TPSA) is 95.1 Å². The van der Waals surface area contributed by atoms with Crippen LogP contribution >= 0.6 is 24.0 Å². The van der Waals surface area contributed by atoms with Crippen molar-refractivity contribution in [3.8, 4) is 5.75 Å². The molecule has 3 amide bonds. The Kier molecular flexibility index (Phi) is 9.90. The van der Waals surface area contributed by atoms with E-state index in [9.17, 15) is 9.59 Å². The Bertz CT molecular complexity index is 652. The van der Waals surface area contributed by atoms with Crippen LogP contribution < -0.4 is 20.7 Å². The standard InChI is InChI=1S/C18H27N5O3.HI/c1-4-19-17(20-9-10-23-16(24)12-22-18(23)25)21-11-14(3)26-15-8-6-5-7-13(15)2;/h5-8,14H,4,9-12H2,1-3H3,(H,22,25)(H2,19,20,21);1H. The number of amides is 3. The molecule has 0 radical (unpaired) electrons. The summed E-state index contributed by atoms with van der Waals surface area (Å²) in [5.74, 6) is 1.27. The normalized spacial score (nSPS) is 15.1. The number of para-hydroxylation sites is 1. The number of rotatable bonds is 8. The first-order valence-electron chi connectivity index (χ1n) is 8.84. The smallest absolute Gasteiger partial charge is 0.324 e. The van der Waals surface area contributed by atoms with Crippen LogP contribution in [0.1, 0.15) is 19.4 Å². The summed E-state index contributed by atoms with van der Waals surface area (Å²) in [6, 6.07) is 7.52. The summed E-state index contributed by atoms with van der Waals surface area (Å²) >= 11 is 0. The Morgan fingerprint density at radius 1 is 1.33 bits per heavy atom. The van der Waals surface area contributed by atoms with Crippen LogP contribution in [-0.4, -0.2) is 61.6 Å². The van der Waals surface area contributed by atoms with E-state index in [0.29, 0.717) is 32.1 Å². The molecule has 1 heterocycles. The molecule has 9 heteroatoms. The van der Waals surface area contributed by atoms with Gasteiger partial charge in [-0.3, -0.25) is 9.69 Å². The van der Waals surface area contributed by atoms with Gasteiger partial charge in [-0.2, -0.15) is 0 Å². The molecule has 0 aromatic heterocycles. The van der Waals surface area contributed by atoms with Crippen molar-refractivity contribution < 1.29 is 14.3 Å². The van der Waals surface area contributed by atoms with Gasteiger partial charge in [-0.15, -0.1) is 24.0 Å². The molecule has 1 aliphatic heterocycles. The molecular formula is C18H28IN5O3. The van der Waals surface area contributed by atoms with Crippen LogP contribution in [0, 0.1) is 6.92 Å². The van der Waals surface area contributed by atoms with E-state index in [4.69, 9.17) is 4.74 Å². The van der Waals surface area contributed by atoms with Crippen molar-refractivity contribution in [3.63, 3.8) is 0 Å². The minimum absolute atomic E-state index is 0. The lowest BCUT2D eigenvalue weighted by Gasteiger charge is -2.17. The van der Waals surface area contributed by atoms with E-state index in [0.717, 1.165) is 11.3 Å². The van der Waals surface area contributed by atoms with Crippen molar-refractivity contribution in [1.29, 1.82) is 0 Å². The molecule has 1 aliphatic rings. The quantitative estimate of drug-likeness (QED) is 0.223. The number of hydrogen-bond donors (Lipinski definition) is 3. The minimum atomic E-state index is -0.348. The molecule has 1 unspecified atom stereocenters. The van der Waals surface area contributed by atoms with Gasteiger partial charge in [-0.05, 0) is 32.4 Å². The van der Waals surface area contributed by atoms with E-state index in [-0.39, 0.29) is 48.6 Å². The Morgan fingerprint density at radius 2 is 2.07 bits per heavy atom. The largest absolute Gasteiger partial charge is 0.489 e. The number of halogens is 1. The van der Waals surface area contributed by atoms with E-state index in [1.54, 1.807) is 0 Å². The van der Waals surface area contributed by atoms with Gasteiger partial charge in [0.1, 0.15) is 11.9 Å². The number of benzene rings is 1. The molecule has 0 spiro atoms. The van der Waals surface area contributed by atoms with Gasteiger partial charge in [0.05, 0.1) is 13.1 Å². The monoisotopic (exact) mass is 489 g/mol. The van der Waals surface area contributed by atoms with Crippen LogP contribution in [0.5, 0.6) is 5.75 Å². The Balaban J connectivity index is 0.00000364. The Labute approximate surface area is 177 Å². The fourth-order valence-electron chi connectivity index (χ4n) is 2.47. The molecule has 2 rings (SSSR count). The molecule has 1 fully saturated rings. The maximum absolute atomic E-state index is 11.6. The van der Waals surface area contributed by atoms with Crippen LogP contribution in [0.25, 0.3) is 0 Å². The van der Waals surface area contributed by atoms with Gasteiger partial charge in [-0.25, -0.2) is 9.79 Å².